The minimum absolute atomic E-state index is 0. The van der Waals surface area contributed by atoms with Gasteiger partial charge in [-0.3, -0.25) is 0 Å². The minimum atomic E-state index is 0. The van der Waals surface area contributed by atoms with Crippen LogP contribution in [0, 0.1) is 13.3 Å². The molecule has 0 unspecified atom stereocenters. The maximum absolute atomic E-state index is 2.12. The van der Waals surface area contributed by atoms with Crippen molar-refractivity contribution >= 4 is 22.7 Å². The zero-order valence-corrected chi connectivity index (χ0v) is 15.3. The average molecular weight is 402 g/mol. The number of anilines is 4. The van der Waals surface area contributed by atoms with Gasteiger partial charge >= 0.3 is 0 Å². The molecule has 0 aromatic heterocycles. The molecule has 0 saturated heterocycles. The molecule has 2 aliphatic rings. The minimum Gasteiger partial charge on any atom is -0.504 e. The van der Waals surface area contributed by atoms with Crippen molar-refractivity contribution in [2.24, 2.45) is 0 Å². The van der Waals surface area contributed by atoms with Gasteiger partial charge in [-0.25, -0.2) is 0 Å². The maximum atomic E-state index is 2.12. The van der Waals surface area contributed by atoms with Gasteiger partial charge in [-0.1, -0.05) is 24.3 Å². The van der Waals surface area contributed by atoms with Crippen LogP contribution in [0.2, 0.25) is 0 Å². The first-order chi connectivity index (χ1) is 10.6. The number of para-hydroxylation sites is 4. The fourth-order valence-corrected chi connectivity index (χ4v) is 2.89. The van der Waals surface area contributed by atoms with Crippen LogP contribution in [0.25, 0.3) is 0 Å². The molecule has 4 rings (SSSR count). The van der Waals surface area contributed by atoms with Gasteiger partial charge in [-0.15, -0.1) is 0 Å². The van der Waals surface area contributed by atoms with Gasteiger partial charge in [0.2, 0.25) is 0 Å². The van der Waals surface area contributed by atoms with Crippen LogP contribution in [0.1, 0.15) is 0 Å². The largest absolute Gasteiger partial charge is 0.504 e. The second-order valence-electron chi connectivity index (χ2n) is 5.65. The van der Waals surface area contributed by atoms with Gasteiger partial charge in [-0.05, 0) is 52.5 Å². The molecule has 0 N–H and O–H groups in total. The van der Waals surface area contributed by atoms with E-state index in [2.05, 4.69) is 110 Å². The Labute approximate surface area is 154 Å². The van der Waals surface area contributed by atoms with Gasteiger partial charge in [0.05, 0.1) is 0 Å². The summed E-state index contributed by atoms with van der Waals surface area (Å²) < 4.78 is 0. The molecule has 2 heterocycles. The fraction of sp³-hybridized carbons (Fsp3) is 0.222. The van der Waals surface area contributed by atoms with Gasteiger partial charge in [-0.2, -0.15) is 13.3 Å². The zero-order chi connectivity index (χ0) is 15.7. The Morgan fingerprint density at radius 2 is 0.739 bits per heavy atom. The predicted molar refractivity (Wildman–Crippen MR) is 95.1 cm³/mol. The van der Waals surface area contributed by atoms with Crippen molar-refractivity contribution in [2.45, 2.75) is 0 Å². The summed E-state index contributed by atoms with van der Waals surface area (Å²) >= 11 is 0. The number of nitrogens with zero attached hydrogens (tertiary/aromatic N) is 4. The van der Waals surface area contributed by atoms with Crippen molar-refractivity contribution < 1.29 is 22.4 Å². The molecule has 5 heteroatoms. The van der Waals surface area contributed by atoms with Gasteiger partial charge in [0, 0.05) is 45.1 Å². The summed E-state index contributed by atoms with van der Waals surface area (Å²) in [6.45, 7) is 4.15. The molecular formula is C18H22AgN4-2. The van der Waals surface area contributed by atoms with E-state index in [-0.39, 0.29) is 22.4 Å². The molecule has 1 radical (unpaired) electrons. The van der Waals surface area contributed by atoms with E-state index in [1.54, 1.807) is 0 Å². The Bertz CT molecular complexity index is 549. The van der Waals surface area contributed by atoms with E-state index < -0.39 is 0 Å². The van der Waals surface area contributed by atoms with Crippen molar-refractivity contribution in [2.75, 3.05) is 47.8 Å². The van der Waals surface area contributed by atoms with Crippen LogP contribution in [-0.2, 0) is 22.4 Å². The number of fused-ring (bicyclic) bond motifs is 2. The zero-order valence-electron chi connectivity index (χ0n) is 13.9. The van der Waals surface area contributed by atoms with Crippen molar-refractivity contribution in [3.63, 3.8) is 0 Å². The van der Waals surface area contributed by atoms with E-state index in [0.29, 0.717) is 0 Å². The van der Waals surface area contributed by atoms with Crippen LogP contribution in [0.15, 0.2) is 48.5 Å². The van der Waals surface area contributed by atoms with E-state index in [1.165, 1.54) is 22.7 Å². The third-order valence-corrected chi connectivity index (χ3v) is 3.98. The van der Waals surface area contributed by atoms with E-state index in [9.17, 15) is 0 Å². The Kier molecular flexibility index (Phi) is 5.63. The molecule has 127 valence electrons. The second kappa shape index (κ2) is 7.30. The molecule has 0 aliphatic carbocycles. The SMILES string of the molecule is CN1[CH-]N(C)c2ccccc21.CN1[CH-]N(C)c2ccccc21.[Ag]. The normalized spacial score (nSPS) is 14.8. The van der Waals surface area contributed by atoms with E-state index >= 15 is 0 Å². The smallest absolute Gasteiger partial charge is 0.0297 e. The summed E-state index contributed by atoms with van der Waals surface area (Å²) in [4.78, 5) is 8.48. The third kappa shape index (κ3) is 3.50. The molecule has 23 heavy (non-hydrogen) atoms. The number of hydrogen-bond acceptors (Lipinski definition) is 4. The molecular weight excluding hydrogens is 380 g/mol. The van der Waals surface area contributed by atoms with Crippen molar-refractivity contribution in [1.29, 1.82) is 0 Å². The first kappa shape index (κ1) is 17.7. The molecule has 0 fully saturated rings. The molecule has 4 nitrogen and oxygen atoms in total. The molecule has 0 saturated carbocycles. The van der Waals surface area contributed by atoms with Crippen LogP contribution >= 0.6 is 0 Å². The quantitative estimate of drug-likeness (QED) is 0.495. The van der Waals surface area contributed by atoms with Gasteiger partial charge in [0.15, 0.2) is 0 Å². The van der Waals surface area contributed by atoms with E-state index in [1.807, 2.05) is 0 Å². The van der Waals surface area contributed by atoms with Gasteiger partial charge < -0.3 is 19.6 Å². The first-order valence-corrected chi connectivity index (χ1v) is 7.37. The number of rotatable bonds is 0. The fourth-order valence-electron chi connectivity index (χ4n) is 2.89. The molecule has 0 amide bonds. The predicted octanol–water partition coefficient (Wildman–Crippen LogP) is 3.38. The first-order valence-electron chi connectivity index (χ1n) is 7.37. The van der Waals surface area contributed by atoms with Crippen LogP contribution in [-0.4, -0.2) is 28.2 Å². The molecule has 0 bridgehead atoms. The van der Waals surface area contributed by atoms with E-state index in [4.69, 9.17) is 0 Å². The standard InChI is InChI=1S/2C9H11N2.Ag/c2*1-10-7-11(2)9-6-4-3-5-8(9)10;/h2*3-7H,1-2H3;/q2*-1;. The second-order valence-corrected chi connectivity index (χ2v) is 5.65. The van der Waals surface area contributed by atoms with Gasteiger partial charge in [0.25, 0.3) is 0 Å². The molecule has 2 aromatic carbocycles. The van der Waals surface area contributed by atoms with Crippen molar-refractivity contribution in [1.82, 2.24) is 0 Å². The third-order valence-electron chi connectivity index (χ3n) is 3.98. The Hall–Kier alpha value is -1.62. The summed E-state index contributed by atoms with van der Waals surface area (Å²) in [7, 11) is 8.23. The summed E-state index contributed by atoms with van der Waals surface area (Å²) in [6.07, 6.45) is 0. The van der Waals surface area contributed by atoms with Gasteiger partial charge in [0.1, 0.15) is 0 Å². The van der Waals surface area contributed by atoms with Crippen molar-refractivity contribution in [3.8, 4) is 0 Å². The molecule has 2 aromatic rings. The Morgan fingerprint density at radius 1 is 0.522 bits per heavy atom. The summed E-state index contributed by atoms with van der Waals surface area (Å²) in [5.41, 5.74) is 5.09. The van der Waals surface area contributed by atoms with E-state index in [0.717, 1.165) is 0 Å². The molecule has 0 atom stereocenters. The van der Waals surface area contributed by atoms with Crippen LogP contribution in [0.3, 0.4) is 0 Å². The van der Waals surface area contributed by atoms with Crippen LogP contribution in [0.4, 0.5) is 22.7 Å². The average Bonchev–Trinajstić information content (AvgIpc) is 2.99. The van der Waals surface area contributed by atoms with Crippen molar-refractivity contribution in [3.05, 3.63) is 61.9 Å². The molecule has 0 spiro atoms. The number of benzene rings is 2. The summed E-state index contributed by atoms with van der Waals surface area (Å²) in [5, 5.41) is 0. The summed E-state index contributed by atoms with van der Waals surface area (Å²) in [5.74, 6) is 0. The Balaban J connectivity index is 0.000000160. The van der Waals surface area contributed by atoms with Crippen LogP contribution < -0.4 is 19.6 Å². The van der Waals surface area contributed by atoms with Crippen LogP contribution in [0.5, 0.6) is 0 Å². The topological polar surface area (TPSA) is 13.0 Å². The Morgan fingerprint density at radius 3 is 0.957 bits per heavy atom. The number of hydrogen-bond donors (Lipinski definition) is 0. The maximum Gasteiger partial charge on any atom is 0.0297 e. The monoisotopic (exact) mass is 401 g/mol. The summed E-state index contributed by atoms with van der Waals surface area (Å²) in [6, 6.07) is 16.7. The molecule has 2 aliphatic heterocycles.